The van der Waals surface area contributed by atoms with Gasteiger partial charge in [0.25, 0.3) is 5.56 Å². The summed E-state index contributed by atoms with van der Waals surface area (Å²) in [6, 6.07) is 9.22. The van der Waals surface area contributed by atoms with E-state index < -0.39 is 0 Å². The summed E-state index contributed by atoms with van der Waals surface area (Å²) in [4.78, 5) is 17.7. The quantitative estimate of drug-likeness (QED) is 0.329. The highest BCUT2D eigenvalue weighted by Gasteiger charge is 2.12. The molecule has 0 saturated carbocycles. The van der Waals surface area contributed by atoms with E-state index in [1.165, 1.54) is 4.68 Å². The lowest BCUT2D eigenvalue weighted by Gasteiger charge is -2.11. The zero-order valence-corrected chi connectivity index (χ0v) is 19.4. The Bertz CT molecular complexity index is 1110. The van der Waals surface area contributed by atoms with Crippen molar-refractivity contribution in [2.24, 2.45) is 5.10 Å². The third-order valence-electron chi connectivity index (χ3n) is 4.13. The van der Waals surface area contributed by atoms with Crippen molar-refractivity contribution >= 4 is 55.6 Å². The van der Waals surface area contributed by atoms with Crippen molar-refractivity contribution < 1.29 is 9.47 Å². The topological polar surface area (TPSA) is 65.7 Å². The number of aryl methyl sites for hydroxylation is 1. The van der Waals surface area contributed by atoms with Gasteiger partial charge < -0.3 is 9.47 Å². The molecule has 0 amide bonds. The molecule has 0 saturated heterocycles. The summed E-state index contributed by atoms with van der Waals surface area (Å²) >= 11 is 5.59. The van der Waals surface area contributed by atoms with Crippen molar-refractivity contribution in [3.8, 4) is 11.5 Å². The van der Waals surface area contributed by atoms with Gasteiger partial charge in [-0.05, 0) is 64.9 Å². The Kier molecular flexibility index (Phi) is 6.71. The summed E-state index contributed by atoms with van der Waals surface area (Å²) < 4.78 is 13.9. The van der Waals surface area contributed by atoms with Crippen molar-refractivity contribution in [2.75, 3.05) is 14.2 Å². The number of aromatic nitrogens is 2. The van der Waals surface area contributed by atoms with Gasteiger partial charge in [-0.25, -0.2) is 4.98 Å². The van der Waals surface area contributed by atoms with Gasteiger partial charge in [-0.15, -0.1) is 0 Å². The van der Waals surface area contributed by atoms with E-state index >= 15 is 0 Å². The molecule has 0 aliphatic rings. The molecule has 0 aliphatic heterocycles. The first kappa shape index (κ1) is 20.8. The maximum atomic E-state index is 13.0. The van der Waals surface area contributed by atoms with E-state index in [1.807, 2.05) is 31.2 Å². The predicted octanol–water partition coefficient (Wildman–Crippen LogP) is 4.62. The second kappa shape index (κ2) is 9.04. The van der Waals surface area contributed by atoms with E-state index in [9.17, 15) is 4.79 Å². The van der Waals surface area contributed by atoms with Crippen molar-refractivity contribution in [3.05, 3.63) is 60.1 Å². The minimum Gasteiger partial charge on any atom is -0.493 e. The average Bonchev–Trinajstić information content (AvgIpc) is 2.68. The van der Waals surface area contributed by atoms with Crippen LogP contribution in [0, 0.1) is 3.57 Å². The molecule has 0 atom stereocenters. The average molecular weight is 556 g/mol. The molecule has 0 aliphatic carbocycles. The molecule has 8 heteroatoms. The first-order chi connectivity index (χ1) is 13.5. The van der Waals surface area contributed by atoms with Crippen LogP contribution in [0.25, 0.3) is 10.9 Å². The maximum absolute atomic E-state index is 13.0. The summed E-state index contributed by atoms with van der Waals surface area (Å²) in [5.41, 5.74) is 1.27. The summed E-state index contributed by atoms with van der Waals surface area (Å²) in [5, 5.41) is 4.97. The van der Waals surface area contributed by atoms with Crippen molar-refractivity contribution in [3.63, 3.8) is 0 Å². The minimum absolute atomic E-state index is 0.193. The maximum Gasteiger partial charge on any atom is 0.282 e. The van der Waals surface area contributed by atoms with E-state index in [0.717, 1.165) is 20.0 Å². The number of fused-ring (bicyclic) bond motifs is 1. The zero-order valence-electron chi connectivity index (χ0n) is 15.7. The third kappa shape index (κ3) is 4.22. The van der Waals surface area contributed by atoms with Gasteiger partial charge in [0.1, 0.15) is 5.82 Å². The Morgan fingerprint density at radius 1 is 1.25 bits per heavy atom. The molecule has 3 rings (SSSR count). The van der Waals surface area contributed by atoms with E-state index in [4.69, 9.17) is 9.47 Å². The van der Waals surface area contributed by atoms with Crippen LogP contribution in [0.2, 0.25) is 0 Å². The number of rotatable bonds is 6. The standard InChI is InChI=1S/C20H19BrIN3O3/c1-4-5-18-24-16-7-6-13(21)10-14(16)20(26)25(18)23-11-12-8-15(22)19(28-3)17(9-12)27-2/h6-11H,4-5H2,1-3H3. The van der Waals surface area contributed by atoms with Crippen molar-refractivity contribution in [2.45, 2.75) is 19.8 Å². The SMILES string of the molecule is CCCc1nc2ccc(Br)cc2c(=O)n1N=Cc1cc(I)c(OC)c(OC)c1. The second-order valence-corrected chi connectivity index (χ2v) is 8.12. The molecule has 1 heterocycles. The van der Waals surface area contributed by atoms with Gasteiger partial charge in [-0.3, -0.25) is 4.79 Å². The van der Waals surface area contributed by atoms with Crippen LogP contribution in [0.15, 0.2) is 44.7 Å². The number of ether oxygens (including phenoxy) is 2. The lowest BCUT2D eigenvalue weighted by Crippen LogP contribution is -2.22. The number of halogens is 2. The van der Waals surface area contributed by atoms with Gasteiger partial charge >= 0.3 is 0 Å². The fraction of sp³-hybridized carbons (Fsp3) is 0.250. The molecular formula is C20H19BrIN3O3. The fourth-order valence-corrected chi connectivity index (χ4v) is 4.04. The highest BCUT2D eigenvalue weighted by atomic mass is 127. The molecule has 0 bridgehead atoms. The molecule has 6 nitrogen and oxygen atoms in total. The first-order valence-corrected chi connectivity index (χ1v) is 10.5. The number of nitrogens with zero attached hydrogens (tertiary/aromatic N) is 3. The summed E-state index contributed by atoms with van der Waals surface area (Å²) in [7, 11) is 3.19. The van der Waals surface area contributed by atoms with Gasteiger partial charge in [0.15, 0.2) is 11.5 Å². The fourth-order valence-electron chi connectivity index (χ4n) is 2.84. The normalized spacial score (nSPS) is 11.3. The summed E-state index contributed by atoms with van der Waals surface area (Å²) in [6.07, 6.45) is 3.15. The van der Waals surface area contributed by atoms with E-state index in [2.05, 4.69) is 48.6 Å². The van der Waals surface area contributed by atoms with Crippen LogP contribution < -0.4 is 15.0 Å². The lowest BCUT2D eigenvalue weighted by molar-refractivity contribution is 0.353. The van der Waals surface area contributed by atoms with E-state index in [1.54, 1.807) is 26.5 Å². The van der Waals surface area contributed by atoms with Crippen LogP contribution in [0.4, 0.5) is 0 Å². The van der Waals surface area contributed by atoms with Crippen molar-refractivity contribution in [1.82, 2.24) is 9.66 Å². The molecule has 146 valence electrons. The molecule has 3 aromatic rings. The minimum atomic E-state index is -0.193. The Morgan fingerprint density at radius 2 is 2.04 bits per heavy atom. The third-order valence-corrected chi connectivity index (χ3v) is 5.42. The van der Waals surface area contributed by atoms with Gasteiger partial charge in [-0.1, -0.05) is 22.9 Å². The first-order valence-electron chi connectivity index (χ1n) is 8.65. The Morgan fingerprint density at radius 3 is 2.71 bits per heavy atom. The van der Waals surface area contributed by atoms with Gasteiger partial charge in [-0.2, -0.15) is 9.78 Å². The van der Waals surface area contributed by atoms with Crippen LogP contribution in [-0.2, 0) is 6.42 Å². The molecule has 0 unspecified atom stereocenters. The smallest absolute Gasteiger partial charge is 0.282 e. The molecule has 0 radical (unpaired) electrons. The Balaban J connectivity index is 2.13. The molecular weight excluding hydrogens is 537 g/mol. The largest absolute Gasteiger partial charge is 0.493 e. The summed E-state index contributed by atoms with van der Waals surface area (Å²) in [6.45, 7) is 2.04. The molecule has 1 aromatic heterocycles. The highest BCUT2D eigenvalue weighted by Crippen LogP contribution is 2.33. The molecule has 0 spiro atoms. The van der Waals surface area contributed by atoms with E-state index in [-0.39, 0.29) is 5.56 Å². The summed E-state index contributed by atoms with van der Waals surface area (Å²) in [5.74, 6) is 1.91. The zero-order chi connectivity index (χ0) is 20.3. The Hall–Kier alpha value is -1.94. The Labute approximate surface area is 184 Å². The van der Waals surface area contributed by atoms with E-state index in [0.29, 0.717) is 34.6 Å². The van der Waals surface area contributed by atoms with Gasteiger partial charge in [0.2, 0.25) is 0 Å². The van der Waals surface area contributed by atoms with Crippen molar-refractivity contribution in [1.29, 1.82) is 0 Å². The molecule has 2 aromatic carbocycles. The number of hydrogen-bond acceptors (Lipinski definition) is 5. The molecule has 0 fully saturated rings. The van der Waals surface area contributed by atoms with Crippen LogP contribution in [0.3, 0.4) is 0 Å². The van der Waals surface area contributed by atoms with Crippen LogP contribution in [0.1, 0.15) is 24.7 Å². The number of methoxy groups -OCH3 is 2. The van der Waals surface area contributed by atoms with Gasteiger partial charge in [0.05, 0.1) is 34.9 Å². The highest BCUT2D eigenvalue weighted by molar-refractivity contribution is 14.1. The molecule has 28 heavy (non-hydrogen) atoms. The molecule has 0 N–H and O–H groups in total. The number of hydrogen-bond donors (Lipinski definition) is 0. The van der Waals surface area contributed by atoms with Crippen LogP contribution in [-0.4, -0.2) is 30.1 Å². The number of benzene rings is 2. The van der Waals surface area contributed by atoms with Crippen LogP contribution >= 0.6 is 38.5 Å². The lowest BCUT2D eigenvalue weighted by atomic mass is 10.2. The predicted molar refractivity (Wildman–Crippen MR) is 123 cm³/mol. The van der Waals surface area contributed by atoms with Gasteiger partial charge in [0, 0.05) is 10.9 Å². The second-order valence-electron chi connectivity index (χ2n) is 6.04. The monoisotopic (exact) mass is 555 g/mol. The van der Waals surface area contributed by atoms with Crippen LogP contribution in [0.5, 0.6) is 11.5 Å².